The Balaban J connectivity index is 2.32. The number of carbonyl (C=O) groups is 1. The highest BCUT2D eigenvalue weighted by Gasteiger charge is 2.06. The van der Waals surface area contributed by atoms with Gasteiger partial charge in [-0.25, -0.2) is 9.18 Å². The highest BCUT2D eigenvalue weighted by molar-refractivity contribution is 6.17. The Morgan fingerprint density at radius 3 is 2.81 bits per heavy atom. The number of benzene rings is 1. The van der Waals surface area contributed by atoms with E-state index >= 15 is 0 Å². The fourth-order valence-corrected chi connectivity index (χ4v) is 1.26. The van der Waals surface area contributed by atoms with Crippen LogP contribution in [-0.2, 0) is 4.74 Å². The summed E-state index contributed by atoms with van der Waals surface area (Å²) in [7, 11) is 0. The van der Waals surface area contributed by atoms with E-state index in [1.165, 1.54) is 12.1 Å². The Morgan fingerprint density at radius 1 is 1.38 bits per heavy atom. The van der Waals surface area contributed by atoms with E-state index in [2.05, 4.69) is 5.32 Å². The van der Waals surface area contributed by atoms with Crippen molar-refractivity contribution in [1.82, 2.24) is 0 Å². The van der Waals surface area contributed by atoms with Gasteiger partial charge in [0, 0.05) is 5.88 Å². The number of ether oxygens (including phenoxy) is 1. The third-order valence-electron chi connectivity index (χ3n) is 1.87. The van der Waals surface area contributed by atoms with Gasteiger partial charge in [-0.05, 0) is 25.0 Å². The Labute approximate surface area is 98.5 Å². The molecule has 16 heavy (non-hydrogen) atoms. The molecule has 0 aliphatic heterocycles. The summed E-state index contributed by atoms with van der Waals surface area (Å²) in [5.74, 6) is 0.0541. The Morgan fingerprint density at radius 2 is 2.12 bits per heavy atom. The minimum absolute atomic E-state index is 0.116. The Kier molecular flexibility index (Phi) is 5.64. The van der Waals surface area contributed by atoms with Crippen molar-refractivity contribution in [3.05, 3.63) is 30.1 Å². The first-order valence-corrected chi connectivity index (χ1v) is 5.52. The highest BCUT2D eigenvalue weighted by atomic mass is 35.5. The van der Waals surface area contributed by atoms with Crippen molar-refractivity contribution >= 4 is 23.4 Å². The molecule has 0 saturated heterocycles. The molecule has 0 atom stereocenters. The number of halogens is 2. The van der Waals surface area contributed by atoms with E-state index in [4.69, 9.17) is 16.3 Å². The summed E-state index contributed by atoms with van der Waals surface area (Å²) in [6, 6.07) is 5.91. The van der Waals surface area contributed by atoms with Crippen LogP contribution in [0.1, 0.15) is 12.8 Å². The second-order valence-electron chi connectivity index (χ2n) is 3.14. The van der Waals surface area contributed by atoms with Crippen molar-refractivity contribution in [3.8, 4) is 0 Å². The van der Waals surface area contributed by atoms with Crippen LogP contribution >= 0.6 is 11.6 Å². The first-order valence-electron chi connectivity index (χ1n) is 4.98. The summed E-state index contributed by atoms with van der Waals surface area (Å²) in [5, 5.41) is 2.32. The molecule has 3 nitrogen and oxygen atoms in total. The zero-order chi connectivity index (χ0) is 11.8. The molecule has 0 unspecified atom stereocenters. The van der Waals surface area contributed by atoms with Gasteiger partial charge in [-0.15, -0.1) is 11.6 Å². The largest absolute Gasteiger partial charge is 0.449 e. The molecule has 0 saturated carbocycles. The van der Waals surface area contributed by atoms with Gasteiger partial charge in [0.2, 0.25) is 0 Å². The van der Waals surface area contributed by atoms with Crippen LogP contribution in [0.4, 0.5) is 14.9 Å². The van der Waals surface area contributed by atoms with Crippen molar-refractivity contribution in [3.63, 3.8) is 0 Å². The third-order valence-corrected chi connectivity index (χ3v) is 2.14. The van der Waals surface area contributed by atoms with Crippen molar-refractivity contribution in [2.24, 2.45) is 0 Å². The molecule has 1 rings (SSSR count). The number of para-hydroxylation sites is 1. The molecule has 0 aliphatic carbocycles. The summed E-state index contributed by atoms with van der Waals surface area (Å²) in [4.78, 5) is 11.2. The number of rotatable bonds is 5. The number of amides is 1. The van der Waals surface area contributed by atoms with Crippen LogP contribution in [0.5, 0.6) is 0 Å². The van der Waals surface area contributed by atoms with Crippen molar-refractivity contribution in [2.45, 2.75) is 12.8 Å². The number of carbonyl (C=O) groups excluding carboxylic acids is 1. The second kappa shape index (κ2) is 7.06. The molecule has 0 fully saturated rings. The maximum atomic E-state index is 13.1. The quantitative estimate of drug-likeness (QED) is 0.638. The van der Waals surface area contributed by atoms with Gasteiger partial charge in [-0.1, -0.05) is 12.1 Å². The average molecular weight is 246 g/mol. The lowest BCUT2D eigenvalue weighted by Gasteiger charge is -2.06. The molecule has 0 radical (unpaired) electrons. The second-order valence-corrected chi connectivity index (χ2v) is 3.51. The lowest BCUT2D eigenvalue weighted by molar-refractivity contribution is 0.160. The number of unbranched alkanes of at least 4 members (excludes halogenated alkanes) is 1. The molecular formula is C11H13ClFNO2. The average Bonchev–Trinajstić information content (AvgIpc) is 2.28. The van der Waals surface area contributed by atoms with E-state index in [-0.39, 0.29) is 12.3 Å². The van der Waals surface area contributed by atoms with Crippen molar-refractivity contribution in [2.75, 3.05) is 17.8 Å². The van der Waals surface area contributed by atoms with Crippen LogP contribution in [-0.4, -0.2) is 18.6 Å². The fourth-order valence-electron chi connectivity index (χ4n) is 1.07. The number of nitrogens with one attached hydrogen (secondary N) is 1. The molecule has 88 valence electrons. The number of hydrogen-bond acceptors (Lipinski definition) is 2. The van der Waals surface area contributed by atoms with Gasteiger partial charge in [-0.3, -0.25) is 5.32 Å². The minimum atomic E-state index is -0.653. The molecular weight excluding hydrogens is 233 g/mol. The summed E-state index contributed by atoms with van der Waals surface area (Å²) >= 11 is 5.46. The maximum absolute atomic E-state index is 13.1. The van der Waals surface area contributed by atoms with E-state index in [0.29, 0.717) is 12.3 Å². The molecule has 1 aromatic rings. The normalized spacial score (nSPS) is 9.88. The fraction of sp³-hybridized carbons (Fsp3) is 0.364. The van der Waals surface area contributed by atoms with Gasteiger partial charge < -0.3 is 4.74 Å². The monoisotopic (exact) mass is 245 g/mol. The van der Waals surface area contributed by atoms with E-state index in [0.717, 1.165) is 6.42 Å². The van der Waals surface area contributed by atoms with Gasteiger partial charge in [0.25, 0.3) is 0 Å². The molecule has 0 bridgehead atoms. The van der Waals surface area contributed by atoms with E-state index in [1.807, 2.05) is 0 Å². The van der Waals surface area contributed by atoms with Gasteiger partial charge in [0.05, 0.1) is 12.3 Å². The Bertz CT molecular complexity index is 347. The van der Waals surface area contributed by atoms with Gasteiger partial charge in [-0.2, -0.15) is 0 Å². The van der Waals surface area contributed by atoms with Crippen molar-refractivity contribution in [1.29, 1.82) is 0 Å². The number of alkyl halides is 1. The molecule has 1 N–H and O–H groups in total. The molecule has 1 amide bonds. The molecule has 5 heteroatoms. The first-order chi connectivity index (χ1) is 7.74. The number of hydrogen-bond donors (Lipinski definition) is 1. The third kappa shape index (κ3) is 4.49. The standard InChI is InChI=1S/C11H13ClFNO2/c12-7-3-4-8-16-11(15)14-10-6-2-1-5-9(10)13/h1-2,5-6H,3-4,7-8H2,(H,14,15). The van der Waals surface area contributed by atoms with Crippen LogP contribution in [0.3, 0.4) is 0 Å². The molecule has 1 aromatic carbocycles. The summed E-state index contributed by atoms with van der Waals surface area (Å²) in [6.45, 7) is 0.285. The van der Waals surface area contributed by atoms with Crippen LogP contribution in [0.25, 0.3) is 0 Å². The SMILES string of the molecule is O=C(Nc1ccccc1F)OCCCCCl. The predicted octanol–water partition coefficient (Wildman–Crippen LogP) is 3.39. The van der Waals surface area contributed by atoms with Crippen molar-refractivity contribution < 1.29 is 13.9 Å². The summed E-state index contributed by atoms with van der Waals surface area (Å²) < 4.78 is 17.9. The van der Waals surface area contributed by atoms with Crippen LogP contribution in [0.2, 0.25) is 0 Å². The maximum Gasteiger partial charge on any atom is 0.411 e. The lowest BCUT2D eigenvalue weighted by atomic mass is 10.3. The number of anilines is 1. The van der Waals surface area contributed by atoms with Crippen LogP contribution in [0.15, 0.2) is 24.3 Å². The van der Waals surface area contributed by atoms with Crippen LogP contribution in [0, 0.1) is 5.82 Å². The van der Waals surface area contributed by atoms with E-state index < -0.39 is 11.9 Å². The topological polar surface area (TPSA) is 38.3 Å². The molecule has 0 aliphatic rings. The van der Waals surface area contributed by atoms with Gasteiger partial charge in [0.15, 0.2) is 0 Å². The smallest absolute Gasteiger partial charge is 0.411 e. The zero-order valence-corrected chi connectivity index (χ0v) is 9.47. The summed E-state index contributed by atoms with van der Waals surface area (Å²) in [6.07, 6.45) is 0.836. The zero-order valence-electron chi connectivity index (χ0n) is 8.71. The van der Waals surface area contributed by atoms with E-state index in [9.17, 15) is 9.18 Å². The summed E-state index contributed by atoms with van der Waals surface area (Å²) in [5.41, 5.74) is 0.116. The van der Waals surface area contributed by atoms with E-state index in [1.54, 1.807) is 12.1 Å². The highest BCUT2D eigenvalue weighted by Crippen LogP contribution is 2.12. The predicted molar refractivity (Wildman–Crippen MR) is 61.3 cm³/mol. The molecule has 0 aromatic heterocycles. The Hall–Kier alpha value is -1.29. The van der Waals surface area contributed by atoms with Gasteiger partial charge in [0.1, 0.15) is 5.82 Å². The molecule has 0 spiro atoms. The first kappa shape index (κ1) is 12.8. The van der Waals surface area contributed by atoms with Crippen LogP contribution < -0.4 is 5.32 Å². The lowest BCUT2D eigenvalue weighted by Crippen LogP contribution is -2.15. The van der Waals surface area contributed by atoms with Gasteiger partial charge >= 0.3 is 6.09 Å². The molecule has 0 heterocycles. The minimum Gasteiger partial charge on any atom is -0.449 e.